The van der Waals surface area contributed by atoms with Gasteiger partial charge >= 0.3 is 0 Å². The summed E-state index contributed by atoms with van der Waals surface area (Å²) in [5.74, 6) is -0.146. The molecule has 0 saturated heterocycles. The van der Waals surface area contributed by atoms with E-state index >= 15 is 0 Å². The van der Waals surface area contributed by atoms with E-state index in [1.165, 1.54) is 6.20 Å². The third kappa shape index (κ3) is 3.04. The van der Waals surface area contributed by atoms with E-state index in [1.807, 2.05) is 29.6 Å². The number of nitrogens with one attached hydrogen (secondary N) is 1. The van der Waals surface area contributed by atoms with E-state index in [4.69, 9.17) is 11.6 Å². The minimum absolute atomic E-state index is 0.146. The van der Waals surface area contributed by atoms with Crippen LogP contribution in [0, 0.1) is 0 Å². The number of hydrogen-bond acceptors (Lipinski definition) is 4. The molecule has 2 heterocycles. The number of fused-ring (bicyclic) bond motifs is 1. The van der Waals surface area contributed by atoms with Crippen molar-refractivity contribution in [1.29, 1.82) is 0 Å². The van der Waals surface area contributed by atoms with Gasteiger partial charge in [0, 0.05) is 36.1 Å². The van der Waals surface area contributed by atoms with Crippen LogP contribution in [0.3, 0.4) is 0 Å². The second kappa shape index (κ2) is 6.20. The molecule has 21 heavy (non-hydrogen) atoms. The van der Waals surface area contributed by atoms with Gasteiger partial charge in [-0.15, -0.1) is 11.3 Å². The summed E-state index contributed by atoms with van der Waals surface area (Å²) in [6, 6.07) is 7.49. The average molecular weight is 318 g/mol. The molecule has 0 spiro atoms. The van der Waals surface area contributed by atoms with E-state index in [0.717, 1.165) is 22.2 Å². The summed E-state index contributed by atoms with van der Waals surface area (Å²) in [5.41, 5.74) is 0.536. The molecular weight excluding hydrogens is 306 g/mol. The summed E-state index contributed by atoms with van der Waals surface area (Å²) in [5, 5.41) is 7.83. The first kappa shape index (κ1) is 14.0. The Labute approximate surface area is 130 Å². The van der Waals surface area contributed by atoms with Crippen molar-refractivity contribution in [2.45, 2.75) is 6.42 Å². The Bertz CT molecular complexity index is 774. The summed E-state index contributed by atoms with van der Waals surface area (Å²) in [6.07, 6.45) is 4.00. The Morgan fingerprint density at radius 1 is 1.24 bits per heavy atom. The van der Waals surface area contributed by atoms with Gasteiger partial charge in [-0.1, -0.05) is 35.9 Å². The highest BCUT2D eigenvalue weighted by molar-refractivity contribution is 7.09. The van der Waals surface area contributed by atoms with Crippen molar-refractivity contribution in [2.24, 2.45) is 0 Å². The van der Waals surface area contributed by atoms with Crippen LogP contribution in [0.2, 0.25) is 5.15 Å². The molecule has 0 bridgehead atoms. The smallest absolute Gasteiger partial charge is 0.253 e. The van der Waals surface area contributed by atoms with Crippen LogP contribution in [-0.2, 0) is 6.42 Å². The zero-order valence-corrected chi connectivity index (χ0v) is 12.6. The van der Waals surface area contributed by atoms with Crippen molar-refractivity contribution in [3.8, 4) is 0 Å². The van der Waals surface area contributed by atoms with Crippen molar-refractivity contribution in [3.63, 3.8) is 0 Å². The number of thiazole rings is 1. The maximum atomic E-state index is 12.3. The molecule has 0 aliphatic rings. The second-order valence-corrected chi connectivity index (χ2v) is 5.78. The maximum absolute atomic E-state index is 12.3. The predicted molar refractivity (Wildman–Crippen MR) is 84.9 cm³/mol. The van der Waals surface area contributed by atoms with E-state index in [9.17, 15) is 4.79 Å². The quantitative estimate of drug-likeness (QED) is 0.751. The van der Waals surface area contributed by atoms with Gasteiger partial charge in [0.25, 0.3) is 5.91 Å². The molecule has 106 valence electrons. The molecule has 0 saturated carbocycles. The molecule has 1 aromatic carbocycles. The highest BCUT2D eigenvalue weighted by Crippen LogP contribution is 2.24. The number of amides is 1. The molecule has 0 fully saturated rings. The Morgan fingerprint density at radius 2 is 2.05 bits per heavy atom. The monoisotopic (exact) mass is 317 g/mol. The molecule has 0 unspecified atom stereocenters. The first-order valence-corrected chi connectivity index (χ1v) is 7.71. The van der Waals surface area contributed by atoms with Crippen molar-refractivity contribution < 1.29 is 4.79 Å². The lowest BCUT2D eigenvalue weighted by Crippen LogP contribution is -2.26. The third-order valence-electron chi connectivity index (χ3n) is 3.10. The normalized spacial score (nSPS) is 10.7. The van der Waals surface area contributed by atoms with Crippen molar-refractivity contribution in [1.82, 2.24) is 15.3 Å². The molecular formula is C15H12ClN3OS. The molecule has 0 radical (unpaired) electrons. The largest absolute Gasteiger partial charge is 0.352 e. The van der Waals surface area contributed by atoms with Crippen molar-refractivity contribution in [3.05, 3.63) is 57.8 Å². The highest BCUT2D eigenvalue weighted by atomic mass is 35.5. The van der Waals surface area contributed by atoms with Crippen LogP contribution in [0.25, 0.3) is 10.8 Å². The van der Waals surface area contributed by atoms with Gasteiger partial charge < -0.3 is 5.32 Å². The van der Waals surface area contributed by atoms with E-state index in [-0.39, 0.29) is 5.91 Å². The summed E-state index contributed by atoms with van der Waals surface area (Å²) in [6.45, 7) is 0.545. The van der Waals surface area contributed by atoms with Crippen LogP contribution >= 0.6 is 22.9 Å². The fraction of sp³-hybridized carbons (Fsp3) is 0.133. The van der Waals surface area contributed by atoms with Crippen LogP contribution in [-0.4, -0.2) is 22.4 Å². The maximum Gasteiger partial charge on any atom is 0.253 e. The summed E-state index contributed by atoms with van der Waals surface area (Å²) < 4.78 is 0. The van der Waals surface area contributed by atoms with Gasteiger partial charge in [-0.3, -0.25) is 4.79 Å². The number of aromatic nitrogens is 2. The SMILES string of the molecule is O=C(NCCc1nccs1)c1cnc(Cl)c2ccccc12. The van der Waals surface area contributed by atoms with E-state index < -0.39 is 0 Å². The van der Waals surface area contributed by atoms with E-state index in [0.29, 0.717) is 17.3 Å². The van der Waals surface area contributed by atoms with Gasteiger partial charge in [0.15, 0.2) is 0 Å². The zero-order valence-electron chi connectivity index (χ0n) is 11.0. The molecule has 1 amide bonds. The zero-order chi connectivity index (χ0) is 14.7. The van der Waals surface area contributed by atoms with Gasteiger partial charge in [-0.2, -0.15) is 0 Å². The van der Waals surface area contributed by atoms with Crippen LogP contribution in [0.5, 0.6) is 0 Å². The predicted octanol–water partition coefficient (Wildman–Crippen LogP) is 3.32. The lowest BCUT2D eigenvalue weighted by Gasteiger charge is -2.08. The number of rotatable bonds is 4. The molecule has 2 aromatic heterocycles. The first-order valence-electron chi connectivity index (χ1n) is 6.45. The number of nitrogens with zero attached hydrogens (tertiary/aromatic N) is 2. The molecule has 1 N–H and O–H groups in total. The van der Waals surface area contributed by atoms with Gasteiger partial charge in [0.05, 0.1) is 10.6 Å². The number of pyridine rings is 1. The third-order valence-corrected chi connectivity index (χ3v) is 4.24. The van der Waals surface area contributed by atoms with Crippen molar-refractivity contribution in [2.75, 3.05) is 6.54 Å². The number of benzene rings is 1. The minimum atomic E-state index is -0.146. The van der Waals surface area contributed by atoms with Crippen LogP contribution in [0.1, 0.15) is 15.4 Å². The van der Waals surface area contributed by atoms with Gasteiger partial charge in [0.2, 0.25) is 0 Å². The Balaban J connectivity index is 1.77. The van der Waals surface area contributed by atoms with Crippen LogP contribution < -0.4 is 5.32 Å². The lowest BCUT2D eigenvalue weighted by molar-refractivity contribution is 0.0955. The van der Waals surface area contributed by atoms with E-state index in [2.05, 4.69) is 15.3 Å². The fourth-order valence-electron chi connectivity index (χ4n) is 2.09. The second-order valence-electron chi connectivity index (χ2n) is 4.44. The Kier molecular flexibility index (Phi) is 4.13. The van der Waals surface area contributed by atoms with Gasteiger partial charge in [0.1, 0.15) is 5.15 Å². The summed E-state index contributed by atoms with van der Waals surface area (Å²) in [4.78, 5) is 20.6. The molecule has 3 rings (SSSR count). The highest BCUT2D eigenvalue weighted by Gasteiger charge is 2.12. The molecule has 4 nitrogen and oxygen atoms in total. The lowest BCUT2D eigenvalue weighted by atomic mass is 10.1. The molecule has 6 heteroatoms. The van der Waals surface area contributed by atoms with Crippen LogP contribution in [0.4, 0.5) is 0 Å². The number of hydrogen-bond donors (Lipinski definition) is 1. The summed E-state index contributed by atoms with van der Waals surface area (Å²) >= 11 is 7.64. The van der Waals surface area contributed by atoms with Gasteiger partial charge in [-0.25, -0.2) is 9.97 Å². The minimum Gasteiger partial charge on any atom is -0.352 e. The van der Waals surface area contributed by atoms with Crippen molar-refractivity contribution >= 4 is 39.6 Å². The summed E-state index contributed by atoms with van der Waals surface area (Å²) in [7, 11) is 0. The topological polar surface area (TPSA) is 54.9 Å². The molecule has 0 atom stereocenters. The number of carbonyl (C=O) groups is 1. The van der Waals surface area contributed by atoms with E-state index in [1.54, 1.807) is 17.5 Å². The standard InChI is InChI=1S/C15H12ClN3OS/c16-14-11-4-2-1-3-10(11)12(9-19-14)15(20)18-6-5-13-17-7-8-21-13/h1-4,7-9H,5-6H2,(H,18,20). The van der Waals surface area contributed by atoms with Crippen LogP contribution in [0.15, 0.2) is 42.0 Å². The van der Waals surface area contributed by atoms with Gasteiger partial charge in [-0.05, 0) is 5.39 Å². The fourth-order valence-corrected chi connectivity index (χ4v) is 2.93. The Morgan fingerprint density at radius 3 is 2.81 bits per heavy atom. The number of carbonyl (C=O) groups excluding carboxylic acids is 1. The first-order chi connectivity index (χ1) is 10.3. The molecule has 0 aliphatic heterocycles. The average Bonchev–Trinajstić information content (AvgIpc) is 3.01. The molecule has 0 aliphatic carbocycles. The number of halogens is 1. The molecule has 3 aromatic rings. The Hall–Kier alpha value is -1.98.